The largest absolute Gasteiger partial charge is 0.446 e. The Kier molecular flexibility index (Phi) is 7.28. The number of aromatic nitrogens is 4. The van der Waals surface area contributed by atoms with E-state index >= 15 is 0 Å². The number of nitriles is 1. The first-order valence-corrected chi connectivity index (χ1v) is 12.5. The number of carbonyl (C=O) groups is 1. The summed E-state index contributed by atoms with van der Waals surface area (Å²) in [6, 6.07) is 9.08. The van der Waals surface area contributed by atoms with Crippen LogP contribution in [0.4, 0.5) is 10.1 Å². The molecule has 1 amide bonds. The molecule has 5 heterocycles. The number of amides is 1. The van der Waals surface area contributed by atoms with Crippen LogP contribution in [-0.4, -0.2) is 61.6 Å². The van der Waals surface area contributed by atoms with Gasteiger partial charge in [-0.05, 0) is 51.0 Å². The van der Waals surface area contributed by atoms with E-state index in [9.17, 15) is 19.6 Å². The number of fused-ring (bicyclic) bond motifs is 1. The highest BCUT2D eigenvalue weighted by Gasteiger charge is 2.29. The Morgan fingerprint density at radius 2 is 2.15 bits per heavy atom. The molecule has 11 nitrogen and oxygen atoms in total. The Bertz CT molecular complexity index is 1500. The van der Waals surface area contributed by atoms with Gasteiger partial charge in [-0.2, -0.15) is 10.4 Å². The second-order valence-electron chi connectivity index (χ2n) is 10.0. The lowest BCUT2D eigenvalue weighted by Crippen LogP contribution is -2.42. The first-order chi connectivity index (χ1) is 18.7. The van der Waals surface area contributed by atoms with Gasteiger partial charge in [0.15, 0.2) is 12.2 Å². The highest BCUT2D eigenvalue weighted by atomic mass is 19.1. The number of carbonyl (C=O) groups excluding carboxylic acids is 1. The van der Waals surface area contributed by atoms with Crippen LogP contribution in [0.2, 0.25) is 0 Å². The number of ether oxygens (including phenoxy) is 1. The summed E-state index contributed by atoms with van der Waals surface area (Å²) in [6.07, 6.45) is 5.48. The van der Waals surface area contributed by atoms with Crippen molar-refractivity contribution in [2.45, 2.75) is 50.6 Å². The zero-order chi connectivity index (χ0) is 27.6. The van der Waals surface area contributed by atoms with E-state index in [2.05, 4.69) is 31.8 Å². The van der Waals surface area contributed by atoms with Gasteiger partial charge in [-0.25, -0.2) is 13.9 Å². The number of halogens is 1. The minimum atomic E-state index is -1.65. The molecule has 0 unspecified atom stereocenters. The van der Waals surface area contributed by atoms with Crippen LogP contribution in [0.5, 0.6) is 0 Å². The van der Waals surface area contributed by atoms with Crippen molar-refractivity contribution in [3.05, 3.63) is 66.1 Å². The number of oxazole rings is 1. The monoisotopic (exact) mass is 533 g/mol. The molecular weight excluding hydrogens is 505 g/mol. The molecule has 0 aliphatic carbocycles. The van der Waals surface area contributed by atoms with E-state index in [0.29, 0.717) is 41.4 Å². The number of alkyl halides is 1. The summed E-state index contributed by atoms with van der Waals surface area (Å²) in [5, 5.41) is 29.4. The highest BCUT2D eigenvalue weighted by Crippen LogP contribution is 2.31. The van der Waals surface area contributed by atoms with Crippen LogP contribution in [0.15, 0.2) is 53.7 Å². The lowest BCUT2D eigenvalue weighted by atomic mass is 10.0. The van der Waals surface area contributed by atoms with Crippen LogP contribution in [0.3, 0.4) is 0 Å². The second-order valence-corrected chi connectivity index (χ2v) is 10.0. The maximum absolute atomic E-state index is 14.3. The normalized spacial score (nSPS) is 18.4. The molecule has 0 radical (unpaired) electrons. The predicted molar refractivity (Wildman–Crippen MR) is 139 cm³/mol. The molecule has 12 heteroatoms. The molecule has 4 aromatic rings. The fourth-order valence-electron chi connectivity index (χ4n) is 4.37. The van der Waals surface area contributed by atoms with E-state index in [-0.39, 0.29) is 24.3 Å². The molecule has 1 aliphatic rings. The van der Waals surface area contributed by atoms with Crippen LogP contribution in [0, 0.1) is 11.3 Å². The van der Waals surface area contributed by atoms with E-state index in [1.54, 1.807) is 22.8 Å². The van der Waals surface area contributed by atoms with E-state index in [1.807, 2.05) is 12.1 Å². The lowest BCUT2D eigenvalue weighted by molar-refractivity contribution is -0.00442. The van der Waals surface area contributed by atoms with Gasteiger partial charge in [0.05, 0.1) is 64.9 Å². The van der Waals surface area contributed by atoms with Crippen LogP contribution >= 0.6 is 0 Å². The summed E-state index contributed by atoms with van der Waals surface area (Å²) in [4.78, 5) is 21.5. The van der Waals surface area contributed by atoms with Gasteiger partial charge in [-0.15, -0.1) is 0 Å². The van der Waals surface area contributed by atoms with Gasteiger partial charge in [-0.3, -0.25) is 9.78 Å². The zero-order valence-electron chi connectivity index (χ0n) is 21.5. The van der Waals surface area contributed by atoms with E-state index < -0.39 is 17.7 Å². The van der Waals surface area contributed by atoms with E-state index in [4.69, 9.17) is 9.15 Å². The van der Waals surface area contributed by atoms with E-state index in [0.717, 1.165) is 11.9 Å². The maximum Gasteiger partial charge on any atom is 0.255 e. The molecule has 0 bridgehead atoms. The van der Waals surface area contributed by atoms with Gasteiger partial charge in [0, 0.05) is 12.2 Å². The Morgan fingerprint density at radius 3 is 2.85 bits per heavy atom. The van der Waals surface area contributed by atoms with Crippen molar-refractivity contribution in [2.24, 2.45) is 0 Å². The number of nitrogens with one attached hydrogen (secondary N) is 2. The van der Waals surface area contributed by atoms with Crippen LogP contribution in [0.25, 0.3) is 16.9 Å². The molecule has 0 aromatic carbocycles. The Balaban J connectivity index is 1.41. The second kappa shape index (κ2) is 10.8. The molecule has 1 fully saturated rings. The van der Waals surface area contributed by atoms with Gasteiger partial charge in [0.2, 0.25) is 0 Å². The summed E-state index contributed by atoms with van der Waals surface area (Å²) in [5.41, 5.74) is 1.49. The highest BCUT2D eigenvalue weighted by molar-refractivity contribution is 6.00. The average molecular weight is 534 g/mol. The van der Waals surface area contributed by atoms with E-state index in [1.165, 1.54) is 32.6 Å². The number of nitrogens with zero attached hydrogens (tertiary/aromatic N) is 5. The Hall–Kier alpha value is -4.34. The molecule has 1 saturated heterocycles. The summed E-state index contributed by atoms with van der Waals surface area (Å²) < 4.78 is 27.3. The topological polar surface area (TPSA) is 151 Å². The molecular formula is C27H28FN7O4. The molecule has 1 aliphatic heterocycles. The van der Waals surface area contributed by atoms with Crippen LogP contribution in [0.1, 0.15) is 54.5 Å². The summed E-state index contributed by atoms with van der Waals surface area (Å²) in [7, 11) is 0. The summed E-state index contributed by atoms with van der Waals surface area (Å²) >= 11 is 0. The molecule has 3 atom stereocenters. The number of pyridine rings is 1. The van der Waals surface area contributed by atoms with Crippen molar-refractivity contribution in [2.75, 3.05) is 18.5 Å². The maximum atomic E-state index is 14.3. The Morgan fingerprint density at radius 1 is 1.31 bits per heavy atom. The van der Waals surface area contributed by atoms with Crippen molar-refractivity contribution in [1.82, 2.24) is 24.9 Å². The smallest absolute Gasteiger partial charge is 0.255 e. The molecule has 5 rings (SSSR count). The minimum Gasteiger partial charge on any atom is -0.446 e. The quantitative estimate of drug-likeness (QED) is 0.309. The average Bonchev–Trinajstić information content (AvgIpc) is 3.61. The minimum absolute atomic E-state index is 0.114. The predicted octanol–water partition coefficient (Wildman–Crippen LogP) is 3.43. The van der Waals surface area contributed by atoms with Crippen molar-refractivity contribution < 1.29 is 23.4 Å². The SMILES string of the molecule is CC(C)(O)[C@H](F)CNC(=O)c1cnc(-c2ccc3cc(C#N)cnn23)cc1N[C@@H]1CC[C@@H](c2cnco2)OC1. The molecule has 3 N–H and O–H groups in total. The number of hydrogen-bond donors (Lipinski definition) is 3. The van der Waals surface area contributed by atoms with Crippen molar-refractivity contribution in [1.29, 1.82) is 5.26 Å². The lowest BCUT2D eigenvalue weighted by Gasteiger charge is -2.29. The molecule has 0 spiro atoms. The Labute approximate surface area is 223 Å². The summed E-state index contributed by atoms with van der Waals surface area (Å²) in [5.74, 6) is 0.135. The van der Waals surface area contributed by atoms with Crippen molar-refractivity contribution >= 4 is 17.1 Å². The molecule has 4 aromatic heterocycles. The fraction of sp³-hybridized carbons (Fsp3) is 0.370. The fourth-order valence-corrected chi connectivity index (χ4v) is 4.37. The third kappa shape index (κ3) is 5.74. The first-order valence-electron chi connectivity index (χ1n) is 12.5. The third-order valence-electron chi connectivity index (χ3n) is 6.65. The molecule has 0 saturated carbocycles. The number of rotatable bonds is 8. The first kappa shape index (κ1) is 26.3. The third-order valence-corrected chi connectivity index (χ3v) is 6.65. The number of aliphatic hydroxyl groups is 1. The number of hydrogen-bond acceptors (Lipinski definition) is 9. The van der Waals surface area contributed by atoms with Gasteiger partial charge >= 0.3 is 0 Å². The molecule has 39 heavy (non-hydrogen) atoms. The zero-order valence-corrected chi connectivity index (χ0v) is 21.5. The van der Waals surface area contributed by atoms with Crippen LogP contribution in [-0.2, 0) is 4.74 Å². The van der Waals surface area contributed by atoms with Gasteiger partial charge in [0.1, 0.15) is 18.3 Å². The van der Waals surface area contributed by atoms with Gasteiger partial charge in [-0.1, -0.05) is 0 Å². The number of anilines is 1. The van der Waals surface area contributed by atoms with Crippen molar-refractivity contribution in [3.63, 3.8) is 0 Å². The standard InChI is InChI=1S/C27H28FN7O4/c1-27(2,37)25(28)13-32-26(36)19-11-31-21(22-5-4-18-7-16(9-29)10-33-35(18)22)8-20(19)34-17-3-6-23(38-14-17)24-12-30-15-39-24/h4-5,7-8,10-12,15,17,23,25,37H,3,6,13-14H2,1-2H3,(H,31,34)(H,32,36)/t17-,23+,25-/m1/s1. The van der Waals surface area contributed by atoms with Gasteiger partial charge in [0.25, 0.3) is 5.91 Å². The molecule has 202 valence electrons. The van der Waals surface area contributed by atoms with Crippen LogP contribution < -0.4 is 10.6 Å². The van der Waals surface area contributed by atoms with Gasteiger partial charge < -0.3 is 24.9 Å². The summed E-state index contributed by atoms with van der Waals surface area (Å²) in [6.45, 7) is 2.70. The van der Waals surface area contributed by atoms with Crippen molar-refractivity contribution in [3.8, 4) is 17.5 Å².